The number of fused-ring (bicyclic) bond motifs is 2. The number of nitrogens with zero attached hydrogens (tertiary/aromatic N) is 2. The van der Waals surface area contributed by atoms with E-state index in [0.717, 1.165) is 40.1 Å². The van der Waals surface area contributed by atoms with Crippen LogP contribution in [-0.4, -0.2) is 51.4 Å². The molecule has 33 heavy (non-hydrogen) atoms. The third-order valence-electron chi connectivity index (χ3n) is 6.61. The summed E-state index contributed by atoms with van der Waals surface area (Å²) in [4.78, 5) is 3.82. The number of sulfonamides is 1. The van der Waals surface area contributed by atoms with Gasteiger partial charge >= 0.3 is 0 Å². The minimum absolute atomic E-state index is 0.324. The fraction of sp³-hybridized carbons (Fsp3) is 0.385. The molecular weight excluding hydrogens is 452 g/mol. The molecule has 1 fully saturated rings. The molecule has 0 amide bonds. The fourth-order valence-corrected chi connectivity index (χ4v) is 7.41. The highest BCUT2D eigenvalue weighted by Gasteiger charge is 2.30. The van der Waals surface area contributed by atoms with Crippen LogP contribution < -0.4 is 9.04 Å². The predicted molar refractivity (Wildman–Crippen MR) is 136 cm³/mol. The van der Waals surface area contributed by atoms with E-state index in [1.54, 1.807) is 28.2 Å². The van der Waals surface area contributed by atoms with E-state index in [1.165, 1.54) is 19.4 Å². The zero-order valence-corrected chi connectivity index (χ0v) is 20.6. The van der Waals surface area contributed by atoms with Crippen LogP contribution in [0.5, 0.6) is 5.75 Å². The average Bonchev–Trinajstić information content (AvgIpc) is 3.25. The highest BCUT2D eigenvalue weighted by atomic mass is 32.2. The number of benzene rings is 3. The molecule has 0 N–H and O–H groups in total. The Bertz CT molecular complexity index is 1250. The lowest BCUT2D eigenvalue weighted by Gasteiger charge is -2.30. The number of likely N-dealkylation sites (tertiary alicyclic amines) is 1. The summed E-state index contributed by atoms with van der Waals surface area (Å²) in [5.74, 6) is 1.46. The third kappa shape index (κ3) is 4.72. The van der Waals surface area contributed by atoms with Crippen molar-refractivity contribution < 1.29 is 13.2 Å². The van der Waals surface area contributed by atoms with Gasteiger partial charge in [0.2, 0.25) is 0 Å². The first kappa shape index (κ1) is 22.6. The summed E-state index contributed by atoms with van der Waals surface area (Å²) in [7, 11) is -3.67. The Kier molecular flexibility index (Phi) is 6.54. The number of ether oxygens (including phenoxy) is 1. The molecule has 5 rings (SSSR count). The van der Waals surface area contributed by atoms with Gasteiger partial charge in [-0.1, -0.05) is 30.3 Å². The SMILES string of the molecule is C[C@@H]1CCCN1CCCOc1ccc2c(c1)N(S(=O)(=O)c1ccc3ccccc3c1)CCS2. The maximum atomic E-state index is 13.6. The number of hydrogen-bond donors (Lipinski definition) is 0. The van der Waals surface area contributed by atoms with E-state index >= 15 is 0 Å². The number of rotatable bonds is 7. The minimum atomic E-state index is -3.67. The van der Waals surface area contributed by atoms with E-state index in [4.69, 9.17) is 4.74 Å². The first-order valence-corrected chi connectivity index (χ1v) is 14.1. The maximum absolute atomic E-state index is 13.6. The molecule has 2 aliphatic rings. The van der Waals surface area contributed by atoms with Crippen molar-refractivity contribution in [3.05, 3.63) is 60.7 Å². The fourth-order valence-electron chi connectivity index (χ4n) is 4.75. The summed E-state index contributed by atoms with van der Waals surface area (Å²) < 4.78 is 34.8. The molecule has 5 nitrogen and oxygen atoms in total. The summed E-state index contributed by atoms with van der Waals surface area (Å²) in [5, 5.41) is 1.96. The van der Waals surface area contributed by atoms with Crippen molar-refractivity contribution in [3.8, 4) is 5.75 Å². The standard InChI is InChI=1S/C26H30N2O3S2/c1-20-6-4-13-27(20)14-5-16-31-23-10-12-26-25(19-23)28(15-17-32-26)33(29,30)24-11-9-21-7-2-3-8-22(21)18-24/h2-3,7-12,18-20H,4-6,13-17H2,1H3/t20-/m1/s1. The Labute approximate surface area is 200 Å². The van der Waals surface area contributed by atoms with Crippen LogP contribution in [0, 0.1) is 0 Å². The van der Waals surface area contributed by atoms with Gasteiger partial charge < -0.3 is 9.64 Å². The van der Waals surface area contributed by atoms with E-state index in [0.29, 0.717) is 29.8 Å². The normalized spacial score (nSPS) is 19.1. The van der Waals surface area contributed by atoms with E-state index < -0.39 is 10.0 Å². The van der Waals surface area contributed by atoms with Crippen molar-refractivity contribution in [2.24, 2.45) is 0 Å². The van der Waals surface area contributed by atoms with Gasteiger partial charge in [-0.3, -0.25) is 4.31 Å². The van der Waals surface area contributed by atoms with Crippen molar-refractivity contribution >= 4 is 38.2 Å². The van der Waals surface area contributed by atoms with E-state index in [-0.39, 0.29) is 0 Å². The largest absolute Gasteiger partial charge is 0.493 e. The molecule has 0 unspecified atom stereocenters. The Balaban J connectivity index is 1.34. The smallest absolute Gasteiger partial charge is 0.264 e. The summed E-state index contributed by atoms with van der Waals surface area (Å²) in [6.45, 7) is 5.60. The molecular formula is C26H30N2O3S2. The Morgan fingerprint density at radius 1 is 1.03 bits per heavy atom. The molecule has 1 saturated heterocycles. The number of anilines is 1. The van der Waals surface area contributed by atoms with Gasteiger partial charge in [-0.05, 0) is 67.8 Å². The molecule has 7 heteroatoms. The van der Waals surface area contributed by atoms with Gasteiger partial charge in [0.1, 0.15) is 5.75 Å². The summed E-state index contributed by atoms with van der Waals surface area (Å²) in [6.07, 6.45) is 3.53. The van der Waals surface area contributed by atoms with Gasteiger partial charge in [0.15, 0.2) is 0 Å². The molecule has 0 saturated carbocycles. The molecule has 0 spiro atoms. The molecule has 0 aromatic heterocycles. The Morgan fingerprint density at radius 2 is 1.88 bits per heavy atom. The van der Waals surface area contributed by atoms with Crippen molar-refractivity contribution in [3.63, 3.8) is 0 Å². The molecule has 2 heterocycles. The van der Waals surface area contributed by atoms with E-state index in [1.807, 2.05) is 48.5 Å². The lowest BCUT2D eigenvalue weighted by atomic mass is 10.1. The second-order valence-electron chi connectivity index (χ2n) is 8.79. The van der Waals surface area contributed by atoms with Crippen LogP contribution in [0.3, 0.4) is 0 Å². The maximum Gasteiger partial charge on any atom is 0.264 e. The van der Waals surface area contributed by atoms with Crippen LogP contribution >= 0.6 is 11.8 Å². The molecule has 0 radical (unpaired) electrons. The molecule has 0 bridgehead atoms. The van der Waals surface area contributed by atoms with Gasteiger partial charge in [-0.25, -0.2) is 8.42 Å². The van der Waals surface area contributed by atoms with Crippen LogP contribution in [0.15, 0.2) is 70.5 Å². The van der Waals surface area contributed by atoms with E-state index in [2.05, 4.69) is 11.8 Å². The summed E-state index contributed by atoms with van der Waals surface area (Å²) in [5.41, 5.74) is 0.713. The summed E-state index contributed by atoms with van der Waals surface area (Å²) >= 11 is 1.69. The van der Waals surface area contributed by atoms with Gasteiger partial charge in [0, 0.05) is 35.8 Å². The van der Waals surface area contributed by atoms with Crippen molar-refractivity contribution in [2.75, 3.05) is 36.3 Å². The molecule has 0 aliphatic carbocycles. The molecule has 174 valence electrons. The topological polar surface area (TPSA) is 49.9 Å². The van der Waals surface area contributed by atoms with E-state index in [9.17, 15) is 8.42 Å². The van der Waals surface area contributed by atoms with Crippen LogP contribution in [0.1, 0.15) is 26.2 Å². The lowest BCUT2D eigenvalue weighted by molar-refractivity contribution is 0.230. The Morgan fingerprint density at radius 3 is 2.70 bits per heavy atom. The highest BCUT2D eigenvalue weighted by molar-refractivity contribution is 8.00. The lowest BCUT2D eigenvalue weighted by Crippen LogP contribution is -2.35. The first-order valence-electron chi connectivity index (χ1n) is 11.7. The van der Waals surface area contributed by atoms with Crippen molar-refractivity contribution in [1.82, 2.24) is 4.90 Å². The molecule has 2 aliphatic heterocycles. The van der Waals surface area contributed by atoms with Gasteiger partial charge in [-0.15, -0.1) is 11.8 Å². The second kappa shape index (κ2) is 9.57. The number of hydrogen-bond acceptors (Lipinski definition) is 5. The third-order valence-corrected chi connectivity index (χ3v) is 9.46. The zero-order valence-electron chi connectivity index (χ0n) is 18.9. The Hall–Kier alpha value is -2.22. The van der Waals surface area contributed by atoms with Crippen LogP contribution in [-0.2, 0) is 10.0 Å². The molecule has 3 aromatic rings. The summed E-state index contributed by atoms with van der Waals surface area (Å²) in [6, 6.07) is 19.7. The van der Waals surface area contributed by atoms with Gasteiger partial charge in [0.05, 0.1) is 17.2 Å². The van der Waals surface area contributed by atoms with Gasteiger partial charge in [0.25, 0.3) is 10.0 Å². The average molecular weight is 483 g/mol. The van der Waals surface area contributed by atoms with Crippen LogP contribution in [0.4, 0.5) is 5.69 Å². The van der Waals surface area contributed by atoms with Gasteiger partial charge in [-0.2, -0.15) is 0 Å². The van der Waals surface area contributed by atoms with Crippen LogP contribution in [0.25, 0.3) is 10.8 Å². The monoisotopic (exact) mass is 482 g/mol. The van der Waals surface area contributed by atoms with Crippen molar-refractivity contribution in [2.45, 2.75) is 42.0 Å². The highest BCUT2D eigenvalue weighted by Crippen LogP contribution is 2.40. The first-order chi connectivity index (χ1) is 16.0. The number of thioether (sulfide) groups is 1. The predicted octanol–water partition coefficient (Wildman–Crippen LogP) is 5.39. The van der Waals surface area contributed by atoms with Crippen LogP contribution in [0.2, 0.25) is 0 Å². The molecule has 1 atom stereocenters. The van der Waals surface area contributed by atoms with Crippen molar-refractivity contribution in [1.29, 1.82) is 0 Å². The minimum Gasteiger partial charge on any atom is -0.493 e. The zero-order chi connectivity index (χ0) is 22.8. The quantitative estimate of drug-likeness (QED) is 0.423. The molecule has 3 aromatic carbocycles. The second-order valence-corrected chi connectivity index (χ2v) is 11.8.